The van der Waals surface area contributed by atoms with E-state index in [9.17, 15) is 0 Å². The Bertz CT molecular complexity index is 819. The quantitative estimate of drug-likeness (QED) is 0.468. The zero-order valence-electron chi connectivity index (χ0n) is 15.9. The summed E-state index contributed by atoms with van der Waals surface area (Å²) in [4.78, 5) is 11.1. The molecule has 2 aromatic rings. The Morgan fingerprint density at radius 2 is 2.08 bits per heavy atom. The van der Waals surface area contributed by atoms with E-state index in [0.717, 1.165) is 22.4 Å². The van der Waals surface area contributed by atoms with Crippen molar-refractivity contribution in [1.82, 2.24) is 9.88 Å². The van der Waals surface area contributed by atoms with Crippen molar-refractivity contribution in [3.8, 4) is 5.88 Å². The van der Waals surface area contributed by atoms with E-state index in [2.05, 4.69) is 58.0 Å². The van der Waals surface area contributed by atoms with E-state index in [-0.39, 0.29) is 6.10 Å². The largest absolute Gasteiger partial charge is 0.469 e. The number of hydrogen-bond acceptors (Lipinski definition) is 3. The molecule has 0 bridgehead atoms. The topological polar surface area (TPSA) is 37.7 Å². The van der Waals surface area contributed by atoms with Crippen LogP contribution < -0.4 is 4.74 Å². The summed E-state index contributed by atoms with van der Waals surface area (Å²) >= 11 is 3.58. The molecular weight excluding hydrogens is 390 g/mol. The van der Waals surface area contributed by atoms with E-state index in [4.69, 9.17) is 4.74 Å². The lowest BCUT2D eigenvalue weighted by atomic mass is 10.0. The highest BCUT2D eigenvalue weighted by Crippen LogP contribution is 2.33. The van der Waals surface area contributed by atoms with Crippen LogP contribution >= 0.6 is 15.9 Å². The van der Waals surface area contributed by atoms with Crippen LogP contribution in [-0.4, -0.2) is 29.8 Å². The van der Waals surface area contributed by atoms with Crippen LogP contribution in [0, 0.1) is 6.92 Å². The molecule has 3 rings (SSSR count). The van der Waals surface area contributed by atoms with Crippen LogP contribution in [-0.2, 0) is 12.8 Å². The lowest BCUT2D eigenvalue weighted by Gasteiger charge is -2.17. The molecule has 0 saturated carbocycles. The summed E-state index contributed by atoms with van der Waals surface area (Å²) < 4.78 is 6.97. The molecular formula is C21H26BrN3O. The smallest absolute Gasteiger partial charge is 0.228 e. The van der Waals surface area contributed by atoms with Crippen LogP contribution in [0.1, 0.15) is 48.8 Å². The van der Waals surface area contributed by atoms with Crippen molar-refractivity contribution in [3.05, 3.63) is 51.1 Å². The molecule has 138 valence electrons. The third-order valence-corrected chi connectivity index (χ3v) is 5.45. The Labute approximate surface area is 164 Å². The van der Waals surface area contributed by atoms with Crippen LogP contribution in [0.25, 0.3) is 0 Å². The lowest BCUT2D eigenvalue weighted by molar-refractivity contribution is 0.215. The Morgan fingerprint density at radius 3 is 2.85 bits per heavy atom. The van der Waals surface area contributed by atoms with Crippen LogP contribution in [0.3, 0.4) is 0 Å². The van der Waals surface area contributed by atoms with E-state index < -0.39 is 0 Å². The number of benzene rings is 1. The van der Waals surface area contributed by atoms with Gasteiger partial charge in [-0.3, -0.25) is 0 Å². The fourth-order valence-electron chi connectivity index (χ4n) is 3.09. The first-order valence-electron chi connectivity index (χ1n) is 9.18. The Balaban J connectivity index is 1.77. The molecule has 1 aromatic carbocycles. The second kappa shape index (κ2) is 8.21. The van der Waals surface area contributed by atoms with Crippen LogP contribution in [0.15, 0.2) is 33.7 Å². The molecule has 5 heteroatoms. The third kappa shape index (κ3) is 4.26. The van der Waals surface area contributed by atoms with Gasteiger partial charge in [0.15, 0.2) is 0 Å². The minimum atomic E-state index is -0.0512. The fourth-order valence-corrected chi connectivity index (χ4v) is 3.48. The van der Waals surface area contributed by atoms with Gasteiger partial charge in [-0.2, -0.15) is 0 Å². The fraction of sp³-hybridized carbons (Fsp3) is 0.429. The maximum Gasteiger partial charge on any atom is 0.228 e. The molecule has 0 fully saturated rings. The second-order valence-electron chi connectivity index (χ2n) is 6.84. The summed E-state index contributed by atoms with van der Waals surface area (Å²) in [5.74, 6) is 0.610. The summed E-state index contributed by atoms with van der Waals surface area (Å²) in [6.45, 7) is 7.03. The predicted octanol–water partition coefficient (Wildman–Crippen LogP) is 5.39. The zero-order valence-corrected chi connectivity index (χ0v) is 17.5. The van der Waals surface area contributed by atoms with Gasteiger partial charge in [0.2, 0.25) is 5.88 Å². The number of fused-ring (bicyclic) bond motifs is 1. The van der Waals surface area contributed by atoms with Crippen molar-refractivity contribution < 1.29 is 4.74 Å². The van der Waals surface area contributed by atoms with Gasteiger partial charge >= 0.3 is 0 Å². The monoisotopic (exact) mass is 415 g/mol. The molecule has 1 atom stereocenters. The molecule has 0 saturated heterocycles. The molecule has 1 aliphatic carbocycles. The van der Waals surface area contributed by atoms with E-state index in [1.54, 1.807) is 0 Å². The summed E-state index contributed by atoms with van der Waals surface area (Å²) in [6.07, 6.45) is 5.41. The molecule has 0 N–H and O–H groups in total. The number of aliphatic imine (C=N–C) groups is 1. The van der Waals surface area contributed by atoms with Gasteiger partial charge < -0.3 is 9.64 Å². The highest BCUT2D eigenvalue weighted by atomic mass is 79.9. The number of pyridine rings is 1. The number of rotatable bonds is 6. The normalized spacial score (nSPS) is 14.5. The van der Waals surface area contributed by atoms with Gasteiger partial charge in [0.25, 0.3) is 0 Å². The van der Waals surface area contributed by atoms with Gasteiger partial charge in [0, 0.05) is 13.6 Å². The molecule has 26 heavy (non-hydrogen) atoms. The van der Waals surface area contributed by atoms with Crippen LogP contribution in [0.5, 0.6) is 5.88 Å². The maximum absolute atomic E-state index is 6.15. The van der Waals surface area contributed by atoms with Crippen LogP contribution in [0.4, 0.5) is 5.69 Å². The number of hydrogen-bond donors (Lipinski definition) is 0. The lowest BCUT2D eigenvalue weighted by Crippen LogP contribution is -2.14. The highest BCUT2D eigenvalue weighted by Gasteiger charge is 2.16. The molecule has 1 aliphatic rings. The molecule has 0 spiro atoms. The average Bonchev–Trinajstić information content (AvgIpc) is 3.10. The molecule has 0 radical (unpaired) electrons. The molecule has 4 nitrogen and oxygen atoms in total. The number of aromatic nitrogens is 1. The van der Waals surface area contributed by atoms with Crippen molar-refractivity contribution in [3.63, 3.8) is 0 Å². The van der Waals surface area contributed by atoms with Crippen molar-refractivity contribution in [2.75, 3.05) is 13.6 Å². The third-order valence-electron chi connectivity index (χ3n) is 4.88. The van der Waals surface area contributed by atoms with Crippen LogP contribution in [0.2, 0.25) is 0 Å². The molecule has 1 unspecified atom stereocenters. The highest BCUT2D eigenvalue weighted by molar-refractivity contribution is 9.10. The van der Waals surface area contributed by atoms with E-state index in [0.29, 0.717) is 5.88 Å². The average molecular weight is 416 g/mol. The van der Waals surface area contributed by atoms with Gasteiger partial charge in [-0.1, -0.05) is 18.2 Å². The number of ether oxygens (including phenoxy) is 1. The molecule has 0 aliphatic heterocycles. The van der Waals surface area contributed by atoms with E-state index in [1.807, 2.05) is 31.3 Å². The summed E-state index contributed by atoms with van der Waals surface area (Å²) in [6, 6.07) is 8.67. The molecule has 1 aromatic heterocycles. The molecule has 0 amide bonds. The first-order valence-corrected chi connectivity index (χ1v) is 9.97. The standard InChI is InChI=1S/C21H26BrN3O/c1-5-25(4)13-23-20-12-19(22)21(24-14(20)2)26-15(3)17-10-9-16-7-6-8-18(16)11-17/h9-13,15H,5-8H2,1-4H3/b23-13+. The Hall–Kier alpha value is -1.88. The van der Waals surface area contributed by atoms with Gasteiger partial charge in [-0.05, 0) is 78.7 Å². The second-order valence-corrected chi connectivity index (χ2v) is 7.69. The minimum absolute atomic E-state index is 0.0512. The maximum atomic E-state index is 6.15. The van der Waals surface area contributed by atoms with Gasteiger partial charge in [0.05, 0.1) is 22.2 Å². The van der Waals surface area contributed by atoms with Crippen molar-refractivity contribution in [2.24, 2.45) is 4.99 Å². The number of nitrogens with zero attached hydrogens (tertiary/aromatic N) is 3. The first-order chi connectivity index (χ1) is 12.5. The number of halogens is 1. The Morgan fingerprint density at radius 1 is 1.31 bits per heavy atom. The van der Waals surface area contributed by atoms with Crippen molar-refractivity contribution in [2.45, 2.75) is 46.1 Å². The predicted molar refractivity (Wildman–Crippen MR) is 111 cm³/mol. The van der Waals surface area contributed by atoms with Crippen molar-refractivity contribution in [1.29, 1.82) is 0 Å². The summed E-state index contributed by atoms with van der Waals surface area (Å²) in [5.41, 5.74) is 5.84. The van der Waals surface area contributed by atoms with Crippen molar-refractivity contribution >= 4 is 28.0 Å². The SMILES string of the molecule is CCN(C)/C=N/c1cc(Br)c(OC(C)c2ccc3c(c2)CCC3)nc1C. The molecule has 1 heterocycles. The minimum Gasteiger partial charge on any atom is -0.469 e. The van der Waals surface area contributed by atoms with E-state index >= 15 is 0 Å². The van der Waals surface area contributed by atoms with Gasteiger partial charge in [0.1, 0.15) is 6.10 Å². The number of aryl methyl sites for hydroxylation is 3. The van der Waals surface area contributed by atoms with Gasteiger partial charge in [-0.25, -0.2) is 9.98 Å². The van der Waals surface area contributed by atoms with E-state index in [1.165, 1.54) is 36.0 Å². The first kappa shape index (κ1) is 18.9. The summed E-state index contributed by atoms with van der Waals surface area (Å²) in [5, 5.41) is 0. The zero-order chi connectivity index (χ0) is 18.7. The van der Waals surface area contributed by atoms with Gasteiger partial charge in [-0.15, -0.1) is 0 Å². The Kier molecular flexibility index (Phi) is 5.97. The summed E-state index contributed by atoms with van der Waals surface area (Å²) in [7, 11) is 2.00.